The van der Waals surface area contributed by atoms with E-state index in [1.807, 2.05) is 0 Å². The third kappa shape index (κ3) is 6.84. The molecule has 1 N–H and O–H groups in total. The Morgan fingerprint density at radius 1 is 1.00 bits per heavy atom. The second-order valence-corrected chi connectivity index (χ2v) is 5.19. The Kier molecular flexibility index (Phi) is 8.36. The van der Waals surface area contributed by atoms with Crippen LogP contribution in [0.4, 0.5) is 5.82 Å². The lowest BCUT2D eigenvalue weighted by Crippen LogP contribution is -2.01. The van der Waals surface area contributed by atoms with Gasteiger partial charge in [0.2, 0.25) is 0 Å². The predicted molar refractivity (Wildman–Crippen MR) is 76.0 cm³/mol. The van der Waals surface area contributed by atoms with Crippen molar-refractivity contribution in [2.24, 2.45) is 0 Å². The van der Waals surface area contributed by atoms with Gasteiger partial charge in [-0.15, -0.1) is 0 Å². The molecular weight excluding hydrogens is 254 g/mol. The van der Waals surface area contributed by atoms with Crippen LogP contribution in [0.5, 0.6) is 0 Å². The lowest BCUT2D eigenvalue weighted by Gasteiger charge is -2.03. The van der Waals surface area contributed by atoms with Gasteiger partial charge < -0.3 is 5.32 Å². The maximum atomic E-state index is 5.83. The molecule has 0 saturated heterocycles. The van der Waals surface area contributed by atoms with Crippen molar-refractivity contribution in [3.05, 3.63) is 5.15 Å². The van der Waals surface area contributed by atoms with Gasteiger partial charge in [0.25, 0.3) is 0 Å². The minimum absolute atomic E-state index is 0.495. The summed E-state index contributed by atoms with van der Waals surface area (Å²) in [6, 6.07) is 0. The molecule has 0 fully saturated rings. The maximum Gasteiger partial charge on any atom is 0.186 e. The summed E-state index contributed by atoms with van der Waals surface area (Å²) >= 11 is 6.98. The average molecular weight is 276 g/mol. The van der Waals surface area contributed by atoms with Gasteiger partial charge in [-0.25, -0.2) is 0 Å². The molecule has 0 atom stereocenters. The molecule has 0 aliphatic rings. The summed E-state index contributed by atoms with van der Waals surface area (Å²) < 4.78 is 7.98. The van der Waals surface area contributed by atoms with Crippen LogP contribution in [0.25, 0.3) is 0 Å². The van der Waals surface area contributed by atoms with Gasteiger partial charge in [-0.3, -0.25) is 0 Å². The molecule has 0 saturated carbocycles. The van der Waals surface area contributed by atoms with E-state index >= 15 is 0 Å². The highest BCUT2D eigenvalue weighted by Gasteiger charge is 2.02. The largest absolute Gasteiger partial charge is 0.367 e. The molecular formula is C12H22ClN3S. The van der Waals surface area contributed by atoms with E-state index in [1.165, 1.54) is 51.4 Å². The van der Waals surface area contributed by atoms with Crippen LogP contribution in [0.1, 0.15) is 58.3 Å². The Morgan fingerprint density at radius 3 is 2.24 bits per heavy atom. The van der Waals surface area contributed by atoms with Crippen LogP contribution >= 0.6 is 23.3 Å². The molecule has 17 heavy (non-hydrogen) atoms. The standard InChI is InChI=1S/C12H22ClN3S/c1-2-3-4-5-6-7-8-9-10-14-12-11(13)15-17-16-12/h2-10H2,1H3,(H,14,16). The van der Waals surface area contributed by atoms with Crippen LogP contribution in [-0.2, 0) is 0 Å². The number of unbranched alkanes of at least 4 members (excludes halogenated alkanes) is 7. The zero-order chi connectivity index (χ0) is 12.3. The van der Waals surface area contributed by atoms with Crippen LogP contribution in [-0.4, -0.2) is 15.3 Å². The van der Waals surface area contributed by atoms with Gasteiger partial charge in [-0.05, 0) is 6.42 Å². The molecule has 1 rings (SSSR count). The molecule has 0 bridgehead atoms. The fourth-order valence-corrected chi connectivity index (χ4v) is 2.43. The number of hydrogen-bond donors (Lipinski definition) is 1. The Hall–Kier alpha value is -0.350. The lowest BCUT2D eigenvalue weighted by molar-refractivity contribution is 0.581. The summed E-state index contributed by atoms with van der Waals surface area (Å²) in [5, 5.41) is 3.70. The molecule has 3 nitrogen and oxygen atoms in total. The topological polar surface area (TPSA) is 37.8 Å². The minimum Gasteiger partial charge on any atom is -0.367 e. The number of anilines is 1. The molecule has 98 valence electrons. The number of halogens is 1. The number of rotatable bonds is 10. The lowest BCUT2D eigenvalue weighted by atomic mass is 10.1. The van der Waals surface area contributed by atoms with Crippen molar-refractivity contribution in [3.8, 4) is 0 Å². The second kappa shape index (κ2) is 9.66. The van der Waals surface area contributed by atoms with Crippen molar-refractivity contribution < 1.29 is 0 Å². The van der Waals surface area contributed by atoms with Crippen molar-refractivity contribution in [3.63, 3.8) is 0 Å². The molecule has 0 aromatic carbocycles. The zero-order valence-corrected chi connectivity index (χ0v) is 12.1. The van der Waals surface area contributed by atoms with E-state index in [-0.39, 0.29) is 0 Å². The van der Waals surface area contributed by atoms with Crippen molar-refractivity contribution in [1.82, 2.24) is 8.75 Å². The van der Waals surface area contributed by atoms with E-state index in [0.717, 1.165) is 24.1 Å². The van der Waals surface area contributed by atoms with Gasteiger partial charge in [-0.1, -0.05) is 63.5 Å². The Bertz CT molecular complexity index is 291. The van der Waals surface area contributed by atoms with E-state index in [2.05, 4.69) is 21.0 Å². The molecule has 1 heterocycles. The monoisotopic (exact) mass is 275 g/mol. The number of nitrogens with one attached hydrogen (secondary N) is 1. The molecule has 0 aliphatic heterocycles. The van der Waals surface area contributed by atoms with Crippen LogP contribution in [0.15, 0.2) is 0 Å². The molecule has 0 radical (unpaired) electrons. The highest BCUT2D eigenvalue weighted by atomic mass is 35.5. The predicted octanol–water partition coefficient (Wildman–Crippen LogP) is 4.74. The molecule has 0 amide bonds. The minimum atomic E-state index is 0.495. The first-order chi connectivity index (χ1) is 8.34. The number of hydrogen-bond acceptors (Lipinski definition) is 4. The number of nitrogens with zero attached hydrogens (tertiary/aromatic N) is 2. The Balaban J connectivity index is 1.86. The van der Waals surface area contributed by atoms with Crippen LogP contribution in [0.3, 0.4) is 0 Å². The molecule has 0 spiro atoms. The quantitative estimate of drug-likeness (QED) is 0.627. The second-order valence-electron chi connectivity index (χ2n) is 4.31. The van der Waals surface area contributed by atoms with E-state index in [0.29, 0.717) is 5.15 Å². The van der Waals surface area contributed by atoms with Crippen LogP contribution in [0.2, 0.25) is 5.15 Å². The molecule has 0 aliphatic carbocycles. The van der Waals surface area contributed by atoms with E-state index in [4.69, 9.17) is 11.6 Å². The smallest absolute Gasteiger partial charge is 0.186 e. The summed E-state index contributed by atoms with van der Waals surface area (Å²) in [6.07, 6.45) is 10.7. The molecule has 0 unspecified atom stereocenters. The van der Waals surface area contributed by atoms with E-state index in [9.17, 15) is 0 Å². The zero-order valence-electron chi connectivity index (χ0n) is 10.5. The van der Waals surface area contributed by atoms with Gasteiger partial charge in [-0.2, -0.15) is 8.75 Å². The maximum absolute atomic E-state index is 5.83. The third-order valence-corrected chi connectivity index (χ3v) is 3.66. The normalized spacial score (nSPS) is 10.7. The first-order valence-electron chi connectivity index (χ1n) is 6.56. The van der Waals surface area contributed by atoms with Crippen LogP contribution < -0.4 is 5.32 Å². The van der Waals surface area contributed by atoms with Gasteiger partial charge in [0.1, 0.15) is 0 Å². The van der Waals surface area contributed by atoms with Crippen molar-refractivity contribution in [1.29, 1.82) is 0 Å². The van der Waals surface area contributed by atoms with Gasteiger partial charge in [0.15, 0.2) is 11.0 Å². The fourth-order valence-electron chi connectivity index (χ4n) is 1.75. The molecule has 1 aromatic rings. The van der Waals surface area contributed by atoms with Crippen molar-refractivity contribution in [2.75, 3.05) is 11.9 Å². The van der Waals surface area contributed by atoms with Crippen LogP contribution in [0, 0.1) is 0 Å². The third-order valence-electron chi connectivity index (χ3n) is 2.77. The van der Waals surface area contributed by atoms with E-state index in [1.54, 1.807) is 0 Å². The van der Waals surface area contributed by atoms with Crippen molar-refractivity contribution >= 4 is 29.1 Å². The summed E-state index contributed by atoms with van der Waals surface area (Å²) in [4.78, 5) is 0. The Labute approximate surface area is 113 Å². The first kappa shape index (κ1) is 14.7. The van der Waals surface area contributed by atoms with Crippen molar-refractivity contribution in [2.45, 2.75) is 58.3 Å². The summed E-state index contributed by atoms with van der Waals surface area (Å²) in [5.74, 6) is 0.736. The van der Waals surface area contributed by atoms with E-state index < -0.39 is 0 Å². The summed E-state index contributed by atoms with van der Waals surface area (Å²) in [5.41, 5.74) is 0. The highest BCUT2D eigenvalue weighted by molar-refractivity contribution is 6.99. The summed E-state index contributed by atoms with van der Waals surface area (Å²) in [7, 11) is 0. The molecule has 1 aromatic heterocycles. The Morgan fingerprint density at radius 2 is 1.65 bits per heavy atom. The highest BCUT2D eigenvalue weighted by Crippen LogP contribution is 2.17. The number of aromatic nitrogens is 2. The summed E-state index contributed by atoms with van der Waals surface area (Å²) in [6.45, 7) is 3.20. The molecule has 5 heteroatoms. The van der Waals surface area contributed by atoms with Gasteiger partial charge in [0.05, 0.1) is 11.7 Å². The SMILES string of the molecule is CCCCCCCCCCNc1nsnc1Cl. The van der Waals surface area contributed by atoms with Gasteiger partial charge in [0, 0.05) is 6.54 Å². The van der Waals surface area contributed by atoms with Gasteiger partial charge >= 0.3 is 0 Å². The fraction of sp³-hybridized carbons (Fsp3) is 0.833. The average Bonchev–Trinajstić information content (AvgIpc) is 2.73. The first-order valence-corrected chi connectivity index (χ1v) is 7.67.